The van der Waals surface area contributed by atoms with Crippen LogP contribution in [0.5, 0.6) is 0 Å². The molecule has 0 aliphatic carbocycles. The van der Waals surface area contributed by atoms with Crippen LogP contribution in [0.1, 0.15) is 13.8 Å². The lowest BCUT2D eigenvalue weighted by Gasteiger charge is -2.15. The van der Waals surface area contributed by atoms with Gasteiger partial charge in [-0.05, 0) is 23.6 Å². The normalized spacial score (nSPS) is 14.2. The molecule has 1 aliphatic heterocycles. The molecule has 3 rings (SSSR count). The summed E-state index contributed by atoms with van der Waals surface area (Å²) in [5.41, 5.74) is 2.11. The number of halogens is 1. The summed E-state index contributed by atoms with van der Waals surface area (Å²) in [7, 11) is 0. The highest BCUT2D eigenvalue weighted by Gasteiger charge is 2.26. The number of nitrogens with one attached hydrogen (secondary N) is 1. The SMILES string of the molecule is CC(C)Cn1c(-c2ccc(Br)cc2)cnc1SCC(=O)N1CCNC1=O. The standard InChI is InChI=1S/C18H21BrN4O2S/c1-12(2)10-23-15(13-3-5-14(19)6-4-13)9-21-18(23)26-11-16(24)22-8-7-20-17(22)25/h3-6,9,12H,7-8,10-11H2,1-2H3,(H,20,25). The Bertz CT molecular complexity index is 804. The number of benzene rings is 1. The molecule has 2 aromatic rings. The summed E-state index contributed by atoms with van der Waals surface area (Å²) in [6.45, 7) is 6.07. The van der Waals surface area contributed by atoms with Crippen LogP contribution in [0.25, 0.3) is 11.3 Å². The number of nitrogens with zero attached hydrogens (tertiary/aromatic N) is 3. The second kappa shape index (κ2) is 8.26. The molecule has 0 atom stereocenters. The van der Waals surface area contributed by atoms with Crippen molar-refractivity contribution in [3.05, 3.63) is 34.9 Å². The number of hydrogen-bond donors (Lipinski definition) is 1. The molecule has 0 radical (unpaired) electrons. The van der Waals surface area contributed by atoms with E-state index in [-0.39, 0.29) is 17.7 Å². The Morgan fingerprint density at radius 3 is 2.69 bits per heavy atom. The number of amides is 3. The summed E-state index contributed by atoms with van der Waals surface area (Å²) in [6, 6.07) is 7.80. The van der Waals surface area contributed by atoms with E-state index in [1.165, 1.54) is 16.7 Å². The van der Waals surface area contributed by atoms with E-state index in [0.29, 0.717) is 19.0 Å². The van der Waals surface area contributed by atoms with Gasteiger partial charge in [0, 0.05) is 24.1 Å². The highest BCUT2D eigenvalue weighted by Crippen LogP contribution is 2.28. The number of rotatable bonds is 6. The summed E-state index contributed by atoms with van der Waals surface area (Å²) < 4.78 is 3.18. The third kappa shape index (κ3) is 4.29. The van der Waals surface area contributed by atoms with Gasteiger partial charge in [-0.15, -0.1) is 0 Å². The van der Waals surface area contributed by atoms with E-state index in [4.69, 9.17) is 0 Å². The first-order chi connectivity index (χ1) is 12.5. The maximum Gasteiger partial charge on any atom is 0.324 e. The Morgan fingerprint density at radius 2 is 2.08 bits per heavy atom. The van der Waals surface area contributed by atoms with Crippen LogP contribution >= 0.6 is 27.7 Å². The Kier molecular flexibility index (Phi) is 6.03. The number of urea groups is 1. The zero-order chi connectivity index (χ0) is 18.7. The molecule has 1 aromatic carbocycles. The van der Waals surface area contributed by atoms with E-state index in [1.807, 2.05) is 30.5 Å². The van der Waals surface area contributed by atoms with E-state index >= 15 is 0 Å². The van der Waals surface area contributed by atoms with Crippen molar-refractivity contribution < 1.29 is 9.59 Å². The van der Waals surface area contributed by atoms with Crippen LogP contribution < -0.4 is 5.32 Å². The molecule has 0 spiro atoms. The molecule has 3 amide bonds. The second-order valence-corrected chi connectivity index (χ2v) is 8.36. The first-order valence-corrected chi connectivity index (χ1v) is 10.3. The lowest BCUT2D eigenvalue weighted by molar-refractivity contribution is -0.124. The fourth-order valence-electron chi connectivity index (χ4n) is 2.78. The van der Waals surface area contributed by atoms with Crippen LogP contribution in [0.3, 0.4) is 0 Å². The lowest BCUT2D eigenvalue weighted by atomic mass is 10.1. The van der Waals surface area contributed by atoms with Crippen molar-refractivity contribution in [1.82, 2.24) is 19.8 Å². The smallest absolute Gasteiger partial charge is 0.324 e. The van der Waals surface area contributed by atoms with E-state index in [9.17, 15) is 9.59 Å². The van der Waals surface area contributed by atoms with E-state index < -0.39 is 0 Å². The zero-order valence-electron chi connectivity index (χ0n) is 14.7. The summed E-state index contributed by atoms with van der Waals surface area (Å²) in [6.07, 6.45) is 1.85. The van der Waals surface area contributed by atoms with Gasteiger partial charge in [0.05, 0.1) is 17.6 Å². The van der Waals surface area contributed by atoms with Gasteiger partial charge in [0.1, 0.15) is 0 Å². The number of imidazole rings is 1. The summed E-state index contributed by atoms with van der Waals surface area (Å²) >= 11 is 4.83. The van der Waals surface area contributed by atoms with Gasteiger partial charge in [-0.1, -0.05) is 53.7 Å². The number of carbonyl (C=O) groups excluding carboxylic acids is 2. The Hall–Kier alpha value is -1.80. The zero-order valence-corrected chi connectivity index (χ0v) is 17.1. The highest BCUT2D eigenvalue weighted by molar-refractivity contribution is 9.10. The molecule has 1 aromatic heterocycles. The van der Waals surface area contributed by atoms with Crippen molar-refractivity contribution in [3.8, 4) is 11.3 Å². The summed E-state index contributed by atoms with van der Waals surface area (Å²) in [4.78, 5) is 29.7. The minimum absolute atomic E-state index is 0.186. The van der Waals surface area contributed by atoms with Crippen molar-refractivity contribution in [3.63, 3.8) is 0 Å². The van der Waals surface area contributed by atoms with Crippen LogP contribution in [-0.4, -0.2) is 45.2 Å². The number of hydrogen-bond acceptors (Lipinski definition) is 4. The molecular weight excluding hydrogens is 416 g/mol. The minimum Gasteiger partial charge on any atom is -0.336 e. The molecular formula is C18H21BrN4O2S. The third-order valence-electron chi connectivity index (χ3n) is 3.99. The largest absolute Gasteiger partial charge is 0.336 e. The van der Waals surface area contributed by atoms with Crippen LogP contribution in [-0.2, 0) is 11.3 Å². The molecule has 138 valence electrons. The van der Waals surface area contributed by atoms with Crippen molar-refractivity contribution in [1.29, 1.82) is 0 Å². The molecule has 1 saturated heterocycles. The monoisotopic (exact) mass is 436 g/mol. The first-order valence-electron chi connectivity index (χ1n) is 8.48. The van der Waals surface area contributed by atoms with E-state index in [2.05, 4.69) is 44.6 Å². The van der Waals surface area contributed by atoms with Gasteiger partial charge in [0.25, 0.3) is 0 Å². The average molecular weight is 437 g/mol. The molecule has 6 nitrogen and oxygen atoms in total. The topological polar surface area (TPSA) is 67.2 Å². The van der Waals surface area contributed by atoms with Crippen LogP contribution in [0.15, 0.2) is 40.1 Å². The number of aromatic nitrogens is 2. The van der Waals surface area contributed by atoms with E-state index in [1.54, 1.807) is 0 Å². The minimum atomic E-state index is -0.309. The lowest BCUT2D eigenvalue weighted by Crippen LogP contribution is -2.35. The maximum absolute atomic E-state index is 12.3. The van der Waals surface area contributed by atoms with Crippen molar-refractivity contribution in [2.24, 2.45) is 5.92 Å². The van der Waals surface area contributed by atoms with Gasteiger partial charge < -0.3 is 9.88 Å². The molecule has 0 bridgehead atoms. The molecule has 0 unspecified atom stereocenters. The summed E-state index contributed by atoms with van der Waals surface area (Å²) in [5.74, 6) is 0.453. The second-order valence-electron chi connectivity index (χ2n) is 6.50. The molecule has 1 N–H and O–H groups in total. The van der Waals surface area contributed by atoms with Gasteiger partial charge in [0.15, 0.2) is 5.16 Å². The van der Waals surface area contributed by atoms with E-state index in [0.717, 1.165) is 27.4 Å². The van der Waals surface area contributed by atoms with Gasteiger partial charge in [0.2, 0.25) is 5.91 Å². The highest BCUT2D eigenvalue weighted by atomic mass is 79.9. The third-order valence-corrected chi connectivity index (χ3v) is 5.49. The van der Waals surface area contributed by atoms with Crippen LogP contribution in [0.2, 0.25) is 0 Å². The van der Waals surface area contributed by atoms with Crippen LogP contribution in [0, 0.1) is 5.92 Å². The number of thioether (sulfide) groups is 1. The van der Waals surface area contributed by atoms with Crippen molar-refractivity contribution in [2.75, 3.05) is 18.8 Å². The Morgan fingerprint density at radius 1 is 1.35 bits per heavy atom. The quantitative estimate of drug-likeness (QED) is 0.702. The number of imide groups is 1. The average Bonchev–Trinajstić information content (AvgIpc) is 3.19. The van der Waals surface area contributed by atoms with Gasteiger partial charge >= 0.3 is 6.03 Å². The van der Waals surface area contributed by atoms with Crippen molar-refractivity contribution >= 4 is 39.6 Å². The summed E-state index contributed by atoms with van der Waals surface area (Å²) in [5, 5.41) is 3.44. The Balaban J connectivity index is 1.79. The molecule has 8 heteroatoms. The molecule has 1 aliphatic rings. The number of carbonyl (C=O) groups is 2. The first kappa shape index (κ1) is 19.0. The molecule has 0 saturated carbocycles. The predicted molar refractivity (Wildman–Crippen MR) is 106 cm³/mol. The predicted octanol–water partition coefficient (Wildman–Crippen LogP) is 3.61. The fraction of sp³-hybridized carbons (Fsp3) is 0.389. The molecule has 26 heavy (non-hydrogen) atoms. The maximum atomic E-state index is 12.3. The van der Waals surface area contributed by atoms with Gasteiger partial charge in [-0.25, -0.2) is 9.78 Å². The van der Waals surface area contributed by atoms with Gasteiger partial charge in [-0.2, -0.15) is 0 Å². The van der Waals surface area contributed by atoms with Crippen LogP contribution in [0.4, 0.5) is 4.79 Å². The van der Waals surface area contributed by atoms with Crippen molar-refractivity contribution in [2.45, 2.75) is 25.5 Å². The van der Waals surface area contributed by atoms with Gasteiger partial charge in [-0.3, -0.25) is 9.69 Å². The Labute approximate surface area is 165 Å². The fourth-order valence-corrected chi connectivity index (χ4v) is 3.91. The molecule has 1 fully saturated rings. The molecule has 2 heterocycles.